The van der Waals surface area contributed by atoms with Gasteiger partial charge in [0.15, 0.2) is 0 Å². The number of hydrogen-bond acceptors (Lipinski definition) is 5. The number of nitrogens with one attached hydrogen (secondary N) is 2. The van der Waals surface area contributed by atoms with E-state index in [1.54, 1.807) is 7.11 Å². The Bertz CT molecular complexity index is 1510. The monoisotopic (exact) mass is 533 g/mol. The van der Waals surface area contributed by atoms with Gasteiger partial charge in [0, 0.05) is 29.2 Å². The van der Waals surface area contributed by atoms with E-state index in [-0.39, 0.29) is 12.1 Å². The number of anilines is 2. The number of rotatable bonds is 9. The van der Waals surface area contributed by atoms with Crippen molar-refractivity contribution >= 4 is 17.3 Å². The number of amides is 1. The molecule has 0 fully saturated rings. The van der Waals surface area contributed by atoms with Crippen LogP contribution in [0.1, 0.15) is 54.0 Å². The zero-order valence-electron chi connectivity index (χ0n) is 23.4. The van der Waals surface area contributed by atoms with Crippen LogP contribution in [-0.4, -0.2) is 17.9 Å². The van der Waals surface area contributed by atoms with Crippen LogP contribution in [0.15, 0.2) is 108 Å². The number of carbonyl (C=O) groups is 1. The number of nitrogens with zero attached hydrogens (tertiary/aromatic N) is 1. The summed E-state index contributed by atoms with van der Waals surface area (Å²) in [4.78, 5) is 15.6. The molecule has 0 saturated heterocycles. The predicted molar refractivity (Wildman–Crippen MR) is 161 cm³/mol. The number of benzene rings is 4. The number of fused-ring (bicyclic) bond motifs is 1. The summed E-state index contributed by atoms with van der Waals surface area (Å²) in [6, 6.07) is 31.6. The first-order valence-corrected chi connectivity index (χ1v) is 13.4. The molecule has 204 valence electrons. The molecular weight excluding hydrogens is 498 g/mol. The Morgan fingerprint density at radius 3 is 2.35 bits per heavy atom. The largest absolute Gasteiger partial charge is 0.496 e. The SMILES string of the molecule is COc1ccc(C2Nc3ccccc3C(=O)N2Cc2ccccc2)cc1COc1ccc(NC(C)=C(C)C)cc1. The molecule has 6 heteroatoms. The van der Waals surface area contributed by atoms with Crippen LogP contribution in [0.3, 0.4) is 0 Å². The van der Waals surface area contributed by atoms with Crippen molar-refractivity contribution in [2.45, 2.75) is 40.1 Å². The predicted octanol–water partition coefficient (Wildman–Crippen LogP) is 7.77. The molecule has 0 aliphatic carbocycles. The third-order valence-corrected chi connectivity index (χ3v) is 7.17. The average molecular weight is 534 g/mol. The Hall–Kier alpha value is -4.71. The van der Waals surface area contributed by atoms with E-state index in [4.69, 9.17) is 9.47 Å². The van der Waals surface area contributed by atoms with Crippen molar-refractivity contribution in [3.63, 3.8) is 0 Å². The zero-order valence-corrected chi connectivity index (χ0v) is 23.4. The van der Waals surface area contributed by atoms with E-state index in [2.05, 4.69) is 37.5 Å². The fraction of sp³-hybridized carbons (Fsp3) is 0.206. The molecule has 1 heterocycles. The van der Waals surface area contributed by atoms with Gasteiger partial charge in [-0.1, -0.05) is 54.1 Å². The first kappa shape index (κ1) is 26.9. The van der Waals surface area contributed by atoms with Gasteiger partial charge < -0.3 is 25.0 Å². The summed E-state index contributed by atoms with van der Waals surface area (Å²) in [5.74, 6) is 1.49. The minimum absolute atomic E-state index is 0.00568. The molecule has 5 rings (SSSR count). The lowest BCUT2D eigenvalue weighted by Crippen LogP contribution is -2.42. The zero-order chi connectivity index (χ0) is 28.1. The van der Waals surface area contributed by atoms with Crippen LogP contribution in [0.25, 0.3) is 0 Å². The molecule has 0 aromatic heterocycles. The van der Waals surface area contributed by atoms with Crippen LogP contribution in [0.5, 0.6) is 11.5 Å². The molecule has 1 aliphatic rings. The summed E-state index contributed by atoms with van der Waals surface area (Å²) in [6.07, 6.45) is -0.351. The van der Waals surface area contributed by atoms with Gasteiger partial charge in [-0.05, 0) is 80.4 Å². The highest BCUT2D eigenvalue weighted by atomic mass is 16.5. The summed E-state index contributed by atoms with van der Waals surface area (Å²) >= 11 is 0. The fourth-order valence-corrected chi connectivity index (χ4v) is 4.72. The average Bonchev–Trinajstić information content (AvgIpc) is 2.98. The minimum Gasteiger partial charge on any atom is -0.496 e. The van der Waals surface area contributed by atoms with E-state index in [0.29, 0.717) is 18.7 Å². The second kappa shape index (κ2) is 12.0. The van der Waals surface area contributed by atoms with Crippen LogP contribution < -0.4 is 20.1 Å². The summed E-state index contributed by atoms with van der Waals surface area (Å²) < 4.78 is 11.8. The van der Waals surface area contributed by atoms with Gasteiger partial charge >= 0.3 is 0 Å². The van der Waals surface area contributed by atoms with E-state index in [9.17, 15) is 4.79 Å². The molecule has 6 nitrogen and oxygen atoms in total. The van der Waals surface area contributed by atoms with E-state index in [1.807, 2.05) is 95.9 Å². The molecule has 4 aromatic rings. The second-order valence-electron chi connectivity index (χ2n) is 10.1. The molecule has 1 amide bonds. The van der Waals surface area contributed by atoms with Gasteiger partial charge in [0.05, 0.1) is 12.7 Å². The van der Waals surface area contributed by atoms with Gasteiger partial charge in [-0.3, -0.25) is 4.79 Å². The molecule has 0 spiro atoms. The molecule has 1 aliphatic heterocycles. The maximum absolute atomic E-state index is 13.7. The van der Waals surface area contributed by atoms with E-state index in [0.717, 1.165) is 45.3 Å². The van der Waals surface area contributed by atoms with Gasteiger partial charge in [-0.2, -0.15) is 0 Å². The van der Waals surface area contributed by atoms with Gasteiger partial charge in [0.25, 0.3) is 5.91 Å². The standard InChI is InChI=1S/C34H35N3O3/c1-23(2)24(3)35-28-15-17-29(18-16-28)40-22-27-20-26(14-19-32(27)39-4)33-36-31-13-9-8-12-30(31)34(38)37(33)21-25-10-6-5-7-11-25/h5-20,33,35-36H,21-22H2,1-4H3. The molecule has 0 saturated carbocycles. The molecule has 1 unspecified atom stereocenters. The van der Waals surface area contributed by atoms with Crippen molar-refractivity contribution in [3.05, 3.63) is 131 Å². The smallest absolute Gasteiger partial charge is 0.258 e. The quantitative estimate of drug-likeness (QED) is 0.230. The first-order valence-electron chi connectivity index (χ1n) is 13.4. The fourth-order valence-electron chi connectivity index (χ4n) is 4.72. The van der Waals surface area contributed by atoms with Crippen LogP contribution >= 0.6 is 0 Å². The number of carbonyl (C=O) groups excluding carboxylic acids is 1. The molecule has 4 aromatic carbocycles. The van der Waals surface area contributed by atoms with Crippen LogP contribution in [0.2, 0.25) is 0 Å². The maximum atomic E-state index is 13.7. The maximum Gasteiger partial charge on any atom is 0.258 e. The topological polar surface area (TPSA) is 62.8 Å². The Balaban J connectivity index is 1.40. The van der Waals surface area contributed by atoms with Crippen LogP contribution in [0.4, 0.5) is 11.4 Å². The van der Waals surface area contributed by atoms with Crippen molar-refractivity contribution in [1.29, 1.82) is 0 Å². The third kappa shape index (κ3) is 5.96. The lowest BCUT2D eigenvalue weighted by Gasteiger charge is -2.38. The number of allylic oxidation sites excluding steroid dienone is 2. The molecule has 2 N–H and O–H groups in total. The first-order chi connectivity index (χ1) is 19.4. The van der Waals surface area contributed by atoms with Crippen molar-refractivity contribution in [2.75, 3.05) is 17.7 Å². The number of ether oxygens (including phenoxy) is 2. The lowest BCUT2D eigenvalue weighted by atomic mass is 10.0. The Labute approximate surface area is 236 Å². The Morgan fingerprint density at radius 2 is 1.62 bits per heavy atom. The van der Waals surface area contributed by atoms with Gasteiger partial charge in [0.1, 0.15) is 24.3 Å². The van der Waals surface area contributed by atoms with Gasteiger partial charge in [-0.25, -0.2) is 0 Å². The highest BCUT2D eigenvalue weighted by Crippen LogP contribution is 2.36. The number of methoxy groups -OCH3 is 1. The number of para-hydroxylation sites is 1. The molecule has 40 heavy (non-hydrogen) atoms. The van der Waals surface area contributed by atoms with E-state index in [1.165, 1.54) is 5.57 Å². The van der Waals surface area contributed by atoms with Crippen molar-refractivity contribution in [1.82, 2.24) is 4.90 Å². The third-order valence-electron chi connectivity index (χ3n) is 7.17. The van der Waals surface area contributed by atoms with E-state index < -0.39 is 0 Å². The van der Waals surface area contributed by atoms with Crippen molar-refractivity contribution in [2.24, 2.45) is 0 Å². The van der Waals surface area contributed by atoms with Gasteiger partial charge in [0.2, 0.25) is 0 Å². The van der Waals surface area contributed by atoms with Crippen LogP contribution in [-0.2, 0) is 13.2 Å². The summed E-state index contributed by atoms with van der Waals surface area (Å²) in [7, 11) is 1.66. The molecular formula is C34H35N3O3. The van der Waals surface area contributed by atoms with Crippen LogP contribution in [0, 0.1) is 0 Å². The minimum atomic E-state index is -0.351. The Kier molecular flexibility index (Phi) is 8.06. The highest BCUT2D eigenvalue weighted by Gasteiger charge is 2.33. The summed E-state index contributed by atoms with van der Waals surface area (Å²) in [6.45, 7) is 7.04. The highest BCUT2D eigenvalue weighted by molar-refractivity contribution is 6.01. The molecule has 0 bridgehead atoms. The Morgan fingerprint density at radius 1 is 0.900 bits per heavy atom. The van der Waals surface area contributed by atoms with E-state index >= 15 is 0 Å². The van der Waals surface area contributed by atoms with Crippen molar-refractivity contribution < 1.29 is 14.3 Å². The normalized spacial score (nSPS) is 14.2. The van der Waals surface area contributed by atoms with Gasteiger partial charge in [-0.15, -0.1) is 0 Å². The second-order valence-corrected chi connectivity index (χ2v) is 10.1. The molecule has 0 radical (unpaired) electrons. The molecule has 1 atom stereocenters. The summed E-state index contributed by atoms with van der Waals surface area (Å²) in [5.41, 5.74) is 7.80. The number of hydrogen-bond donors (Lipinski definition) is 2. The van der Waals surface area contributed by atoms with Crippen molar-refractivity contribution in [3.8, 4) is 11.5 Å². The summed E-state index contributed by atoms with van der Waals surface area (Å²) in [5, 5.41) is 7.00. The lowest BCUT2D eigenvalue weighted by molar-refractivity contribution is 0.0666.